The second kappa shape index (κ2) is 15.1. The van der Waals surface area contributed by atoms with Crippen molar-refractivity contribution in [2.75, 3.05) is 0 Å². The minimum Gasteiger partial charge on any atom is -0.512 e. The third-order valence-corrected chi connectivity index (χ3v) is 9.57. The summed E-state index contributed by atoms with van der Waals surface area (Å²) >= 11 is 1.90. The van der Waals surface area contributed by atoms with Gasteiger partial charge in [0, 0.05) is 49.0 Å². The van der Waals surface area contributed by atoms with E-state index in [1.54, 1.807) is 13.8 Å². The molecule has 0 saturated carbocycles. The fourth-order valence-corrected chi connectivity index (χ4v) is 7.37. The van der Waals surface area contributed by atoms with Crippen LogP contribution in [0.15, 0.2) is 66.6 Å². The van der Waals surface area contributed by atoms with Crippen LogP contribution in [-0.2, 0) is 36.7 Å². The van der Waals surface area contributed by atoms with Gasteiger partial charge in [-0.1, -0.05) is 89.7 Å². The summed E-state index contributed by atoms with van der Waals surface area (Å²) in [6.07, 6.45) is -1.39. The van der Waals surface area contributed by atoms with Gasteiger partial charge in [-0.3, -0.25) is 4.79 Å². The van der Waals surface area contributed by atoms with Crippen molar-refractivity contribution in [2.24, 2.45) is 11.8 Å². The Bertz CT molecular complexity index is 1980. The van der Waals surface area contributed by atoms with Crippen molar-refractivity contribution in [1.82, 2.24) is 0 Å². The molecule has 0 aliphatic carbocycles. The van der Waals surface area contributed by atoms with Crippen LogP contribution in [-0.4, -0.2) is 17.1 Å². The SMILES string of the molecule is CC(C)C/C(O)=C/C(=O)C(F)(F)F.[CH2-]c1c(-c2c3sc4c(C)c(CC(C)C)ccc4c3cc[n+]2[CH2-])cc(C(C)(C)C)c2ccccc12.[Ir]. The van der Waals surface area contributed by atoms with Crippen molar-refractivity contribution in [2.45, 2.75) is 79.8 Å². The minimum absolute atomic E-state index is 0. The zero-order valence-electron chi connectivity index (χ0n) is 28.9. The van der Waals surface area contributed by atoms with Crippen LogP contribution in [0.25, 0.3) is 42.2 Å². The van der Waals surface area contributed by atoms with E-state index in [0.717, 1.165) is 17.7 Å². The summed E-state index contributed by atoms with van der Waals surface area (Å²) in [6.45, 7) is 21.8. The third-order valence-electron chi connectivity index (χ3n) is 8.22. The summed E-state index contributed by atoms with van der Waals surface area (Å²) in [5.74, 6) is -1.90. The van der Waals surface area contributed by atoms with Gasteiger partial charge in [-0.15, -0.1) is 34.4 Å². The van der Waals surface area contributed by atoms with Crippen LogP contribution in [0.1, 0.15) is 77.1 Å². The summed E-state index contributed by atoms with van der Waals surface area (Å²) in [7, 11) is 4.41. The molecule has 0 fully saturated rings. The normalized spacial score (nSPS) is 12.5. The van der Waals surface area contributed by atoms with E-state index in [9.17, 15) is 18.0 Å². The number of aromatic nitrogens is 1. The number of rotatable bonds is 6. The molecular weight excluding hydrogens is 808 g/mol. The van der Waals surface area contributed by atoms with Gasteiger partial charge >= 0.3 is 6.18 Å². The number of ketones is 1. The molecule has 0 saturated heterocycles. The summed E-state index contributed by atoms with van der Waals surface area (Å²) < 4.78 is 39.6. The Labute approximate surface area is 300 Å². The maximum Gasteiger partial charge on any atom is 0.454 e. The Morgan fingerprint density at radius 2 is 1.54 bits per heavy atom. The van der Waals surface area contributed by atoms with E-state index >= 15 is 0 Å². The summed E-state index contributed by atoms with van der Waals surface area (Å²) in [4.78, 5) is 10.3. The molecule has 1 radical (unpaired) electrons. The number of aliphatic hydroxyl groups excluding tert-OH is 1. The molecule has 2 heterocycles. The largest absolute Gasteiger partial charge is 0.512 e. The fourth-order valence-electron chi connectivity index (χ4n) is 5.98. The predicted octanol–water partition coefficient (Wildman–Crippen LogP) is 11.4. The number of thiophene rings is 1. The van der Waals surface area contributed by atoms with Crippen LogP contribution in [0.5, 0.6) is 0 Å². The van der Waals surface area contributed by atoms with E-state index in [0.29, 0.717) is 5.92 Å². The number of carbonyl (C=O) groups excluding carboxylic acids is 1. The zero-order chi connectivity index (χ0) is 35.0. The molecule has 0 aliphatic rings. The number of halogens is 3. The molecule has 48 heavy (non-hydrogen) atoms. The first kappa shape index (κ1) is 39.1. The number of pyridine rings is 1. The predicted molar refractivity (Wildman–Crippen MR) is 191 cm³/mol. The average Bonchev–Trinajstić information content (AvgIpc) is 3.33. The van der Waals surface area contributed by atoms with Crippen molar-refractivity contribution in [3.05, 3.63) is 103 Å². The van der Waals surface area contributed by atoms with Crippen LogP contribution in [0, 0.1) is 32.7 Å². The number of hydrogen-bond acceptors (Lipinski definition) is 3. The Morgan fingerprint density at radius 3 is 2.10 bits per heavy atom. The standard InChI is InChI=1S/C32H34NS.C8H11F3O2.Ir/c1-19(2)17-22-13-14-25-26-15-16-33(8)29(31(26)34-30(25)20(22)3)27-18-28(32(5,6)7)24-12-10-9-11-23(24)21(27)4;1-5(2)3-6(12)4-7(13)8(9,10)11;/h9-16,18-19H,4,8,17H2,1-3,5-7H3;4-5,12H,3H2,1-2H3;/q-1;;/b;6-4-;. The van der Waals surface area contributed by atoms with Gasteiger partial charge in [0.15, 0.2) is 0 Å². The molecule has 5 rings (SSSR count). The molecule has 0 atom stereocenters. The zero-order valence-corrected chi connectivity index (χ0v) is 32.1. The molecule has 1 N–H and O–H groups in total. The average molecular weight is 853 g/mol. The van der Waals surface area contributed by atoms with E-state index in [4.69, 9.17) is 5.11 Å². The van der Waals surface area contributed by atoms with Gasteiger partial charge in [0.25, 0.3) is 5.78 Å². The Balaban J connectivity index is 0.000000382. The number of aryl methyl sites for hydroxylation is 1. The van der Waals surface area contributed by atoms with Crippen LogP contribution >= 0.6 is 11.3 Å². The molecule has 3 aromatic carbocycles. The van der Waals surface area contributed by atoms with Crippen molar-refractivity contribution < 1.29 is 47.7 Å². The van der Waals surface area contributed by atoms with Gasteiger partial charge in [-0.25, -0.2) is 0 Å². The number of fused-ring (bicyclic) bond motifs is 4. The molecule has 8 heteroatoms. The number of alkyl halides is 3. The second-order valence-electron chi connectivity index (χ2n) is 14.1. The molecule has 0 bridgehead atoms. The molecule has 259 valence electrons. The maximum absolute atomic E-state index is 11.6. The third kappa shape index (κ3) is 8.45. The van der Waals surface area contributed by atoms with Crippen LogP contribution < -0.4 is 4.57 Å². The number of aliphatic hydroxyl groups is 1. The molecule has 2 aromatic heterocycles. The smallest absolute Gasteiger partial charge is 0.454 e. The van der Waals surface area contributed by atoms with Crippen LogP contribution in [0.2, 0.25) is 0 Å². The first-order valence-corrected chi connectivity index (χ1v) is 16.7. The van der Waals surface area contributed by atoms with Gasteiger partial charge in [-0.2, -0.15) is 25.7 Å². The van der Waals surface area contributed by atoms with Crippen molar-refractivity contribution in [3.63, 3.8) is 0 Å². The molecular formula is C40H45F3IrNO2S-. The monoisotopic (exact) mass is 853 g/mol. The minimum atomic E-state index is -4.90. The molecule has 0 unspecified atom stereocenters. The van der Waals surface area contributed by atoms with Gasteiger partial charge in [0.1, 0.15) is 0 Å². The van der Waals surface area contributed by atoms with Crippen LogP contribution in [0.4, 0.5) is 13.2 Å². The molecule has 3 nitrogen and oxygen atoms in total. The second-order valence-corrected chi connectivity index (χ2v) is 15.2. The number of hydrogen-bond donors (Lipinski definition) is 1. The van der Waals surface area contributed by atoms with Crippen molar-refractivity contribution >= 4 is 48.1 Å². The molecule has 0 aliphatic heterocycles. The number of allylic oxidation sites excluding steroid dienone is 2. The summed E-state index contributed by atoms with van der Waals surface area (Å²) in [6, 6.07) is 17.9. The maximum atomic E-state index is 11.6. The first-order valence-electron chi connectivity index (χ1n) is 15.9. The summed E-state index contributed by atoms with van der Waals surface area (Å²) in [5, 5.41) is 14.0. The number of carbonyl (C=O) groups is 1. The molecule has 0 amide bonds. The van der Waals surface area contributed by atoms with Gasteiger partial charge in [-0.05, 0) is 58.6 Å². The van der Waals surface area contributed by atoms with Crippen LogP contribution in [0.3, 0.4) is 0 Å². The Hall–Kier alpha value is -3.32. The molecule has 5 aromatic rings. The van der Waals surface area contributed by atoms with Crippen molar-refractivity contribution in [1.29, 1.82) is 0 Å². The van der Waals surface area contributed by atoms with E-state index in [1.165, 1.54) is 53.2 Å². The molecule has 0 spiro atoms. The summed E-state index contributed by atoms with van der Waals surface area (Å²) in [5.41, 5.74) is 7.64. The Morgan fingerprint density at radius 1 is 0.938 bits per heavy atom. The van der Waals surface area contributed by atoms with E-state index in [2.05, 4.69) is 110 Å². The topological polar surface area (TPSA) is 41.2 Å². The Kier molecular flexibility index (Phi) is 12.3. The van der Waals surface area contributed by atoms with Gasteiger partial charge in [0.05, 0.1) is 17.6 Å². The number of benzene rings is 3. The van der Waals surface area contributed by atoms with E-state index in [1.807, 2.05) is 15.9 Å². The van der Waals surface area contributed by atoms with Gasteiger partial charge < -0.3 is 9.67 Å². The first-order chi connectivity index (χ1) is 21.8. The van der Waals surface area contributed by atoms with Crippen molar-refractivity contribution in [3.8, 4) is 11.3 Å². The van der Waals surface area contributed by atoms with Gasteiger partial charge in [0.2, 0.25) is 0 Å². The fraction of sp³-hybridized carbons (Fsp3) is 0.350. The number of nitrogens with zero attached hydrogens (tertiary/aromatic N) is 1. The van der Waals surface area contributed by atoms with E-state index in [-0.39, 0.29) is 43.9 Å². The quantitative estimate of drug-likeness (QED) is 0.0800. The van der Waals surface area contributed by atoms with E-state index < -0.39 is 17.7 Å².